The quantitative estimate of drug-likeness (QED) is 0.653. The number of hydrogen-bond donors (Lipinski definition) is 0. The molecule has 0 nitrogen and oxygen atoms in total. The Bertz CT molecular complexity index is 375. The number of benzene rings is 1. The summed E-state index contributed by atoms with van der Waals surface area (Å²) >= 11 is 18.4. The van der Waals surface area contributed by atoms with Crippen molar-refractivity contribution < 1.29 is 0 Å². The zero-order chi connectivity index (χ0) is 11.7. The van der Waals surface area contributed by atoms with E-state index in [1.54, 1.807) is 0 Å². The van der Waals surface area contributed by atoms with Gasteiger partial charge in [-0.25, -0.2) is 0 Å². The second-order valence-corrected chi connectivity index (χ2v) is 6.06. The molecule has 16 heavy (non-hydrogen) atoms. The molecule has 0 N–H and O–H groups in total. The molecule has 0 heterocycles. The Kier molecular flexibility index (Phi) is 4.05. The van der Waals surface area contributed by atoms with E-state index in [1.807, 2.05) is 18.2 Å². The predicted molar refractivity (Wildman–Crippen MR) is 71.7 cm³/mol. The number of alkyl halides is 1. The molecule has 1 aliphatic rings. The molecule has 1 fully saturated rings. The maximum atomic E-state index is 6.24. The third kappa shape index (κ3) is 2.67. The van der Waals surface area contributed by atoms with E-state index in [1.165, 1.54) is 6.42 Å². The van der Waals surface area contributed by atoms with Gasteiger partial charge >= 0.3 is 0 Å². The van der Waals surface area contributed by atoms with E-state index >= 15 is 0 Å². The van der Waals surface area contributed by atoms with Crippen molar-refractivity contribution in [1.29, 1.82) is 0 Å². The molecule has 0 aliphatic heterocycles. The summed E-state index contributed by atoms with van der Waals surface area (Å²) < 4.78 is 0. The van der Waals surface area contributed by atoms with Crippen molar-refractivity contribution in [2.24, 2.45) is 11.8 Å². The van der Waals surface area contributed by atoms with Gasteiger partial charge in [0, 0.05) is 15.4 Å². The Hall–Kier alpha value is 0.0900. The van der Waals surface area contributed by atoms with Crippen LogP contribution in [0.25, 0.3) is 0 Å². The van der Waals surface area contributed by atoms with Crippen molar-refractivity contribution in [3.8, 4) is 0 Å². The second kappa shape index (κ2) is 5.16. The first-order valence-corrected chi connectivity index (χ1v) is 6.85. The number of rotatable bonds is 2. The molecule has 0 radical (unpaired) electrons. The summed E-state index contributed by atoms with van der Waals surface area (Å²) in [4.78, 5) is 0. The van der Waals surface area contributed by atoms with Crippen molar-refractivity contribution in [3.63, 3.8) is 0 Å². The molecule has 0 spiro atoms. The van der Waals surface area contributed by atoms with Crippen LogP contribution >= 0.6 is 34.8 Å². The first-order chi connectivity index (χ1) is 7.58. The third-order valence-electron chi connectivity index (χ3n) is 3.62. The first-order valence-electron chi connectivity index (χ1n) is 5.66. The van der Waals surface area contributed by atoms with Crippen LogP contribution in [0, 0.1) is 11.8 Å². The molecule has 1 aromatic rings. The van der Waals surface area contributed by atoms with E-state index in [0.29, 0.717) is 17.2 Å². The lowest BCUT2D eigenvalue weighted by Gasteiger charge is -2.17. The summed E-state index contributed by atoms with van der Waals surface area (Å²) in [6.45, 7) is 2.23. The highest BCUT2D eigenvalue weighted by molar-refractivity contribution is 6.33. The van der Waals surface area contributed by atoms with Crippen LogP contribution in [0.3, 0.4) is 0 Å². The summed E-state index contributed by atoms with van der Waals surface area (Å²) in [6, 6.07) is 5.67. The van der Waals surface area contributed by atoms with Crippen LogP contribution in [0.15, 0.2) is 18.2 Å². The highest BCUT2D eigenvalue weighted by Crippen LogP contribution is 2.38. The summed E-state index contributed by atoms with van der Waals surface area (Å²) in [7, 11) is 0. The van der Waals surface area contributed by atoms with Crippen molar-refractivity contribution in [1.82, 2.24) is 0 Å². The summed E-state index contributed by atoms with van der Waals surface area (Å²) in [5, 5.41) is 1.89. The minimum atomic E-state index is 0.322. The molecule has 0 aromatic heterocycles. The van der Waals surface area contributed by atoms with Crippen LogP contribution in [-0.2, 0) is 6.42 Å². The second-order valence-electron chi connectivity index (χ2n) is 4.65. The van der Waals surface area contributed by atoms with E-state index in [-0.39, 0.29) is 0 Å². The topological polar surface area (TPSA) is 0 Å². The lowest BCUT2D eigenvalue weighted by molar-refractivity contribution is 0.420. The molecule has 88 valence electrons. The smallest absolute Gasteiger partial charge is 0.0439 e. The fourth-order valence-corrected chi connectivity index (χ4v) is 3.19. The highest BCUT2D eigenvalue weighted by Gasteiger charge is 2.31. The van der Waals surface area contributed by atoms with Crippen molar-refractivity contribution >= 4 is 34.8 Å². The van der Waals surface area contributed by atoms with Gasteiger partial charge in [0.2, 0.25) is 0 Å². The highest BCUT2D eigenvalue weighted by atomic mass is 35.5. The van der Waals surface area contributed by atoms with E-state index in [2.05, 4.69) is 6.92 Å². The standard InChI is InChI=1S/C13H15Cl3/c1-8-9(2-4-12(8)15)6-10-7-11(14)3-5-13(10)16/h3,5,7-9,12H,2,4,6H2,1H3. The fourth-order valence-electron chi connectivity index (χ4n) is 2.46. The van der Waals surface area contributed by atoms with E-state index in [4.69, 9.17) is 34.8 Å². The molecule has 3 heteroatoms. The van der Waals surface area contributed by atoms with Crippen LogP contribution in [0.5, 0.6) is 0 Å². The van der Waals surface area contributed by atoms with Gasteiger partial charge in [0.05, 0.1) is 0 Å². The minimum Gasteiger partial charge on any atom is -0.123 e. The SMILES string of the molecule is CC1C(Cl)CCC1Cc1cc(Cl)ccc1Cl. The Morgan fingerprint density at radius 1 is 1.25 bits per heavy atom. The zero-order valence-corrected chi connectivity index (χ0v) is 11.5. The van der Waals surface area contributed by atoms with Gasteiger partial charge in [0.1, 0.15) is 0 Å². The average molecular weight is 278 g/mol. The Morgan fingerprint density at radius 3 is 2.62 bits per heavy atom. The van der Waals surface area contributed by atoms with Crippen LogP contribution in [0.4, 0.5) is 0 Å². The number of hydrogen-bond acceptors (Lipinski definition) is 0. The van der Waals surface area contributed by atoms with E-state index in [0.717, 1.165) is 28.5 Å². The molecule has 0 saturated heterocycles. The maximum Gasteiger partial charge on any atom is 0.0439 e. The summed E-state index contributed by atoms with van der Waals surface area (Å²) in [6.07, 6.45) is 3.30. The third-order valence-corrected chi connectivity index (χ3v) is 4.84. The van der Waals surface area contributed by atoms with E-state index < -0.39 is 0 Å². The monoisotopic (exact) mass is 276 g/mol. The fraction of sp³-hybridized carbons (Fsp3) is 0.538. The van der Waals surface area contributed by atoms with Crippen molar-refractivity contribution in [3.05, 3.63) is 33.8 Å². The van der Waals surface area contributed by atoms with Crippen molar-refractivity contribution in [2.75, 3.05) is 0 Å². The Labute approximate surface area is 112 Å². The molecule has 3 atom stereocenters. The lowest BCUT2D eigenvalue weighted by atomic mass is 9.91. The van der Waals surface area contributed by atoms with Gasteiger partial charge in [-0.1, -0.05) is 30.1 Å². The van der Waals surface area contributed by atoms with Gasteiger partial charge in [0.25, 0.3) is 0 Å². The molecule has 2 rings (SSSR count). The Morgan fingerprint density at radius 2 is 2.00 bits per heavy atom. The molecule has 3 unspecified atom stereocenters. The van der Waals surface area contributed by atoms with Crippen LogP contribution < -0.4 is 0 Å². The van der Waals surface area contributed by atoms with Gasteiger partial charge in [-0.05, 0) is 54.9 Å². The summed E-state index contributed by atoms with van der Waals surface area (Å²) in [5.74, 6) is 1.20. The largest absolute Gasteiger partial charge is 0.123 e. The molecule has 1 saturated carbocycles. The van der Waals surface area contributed by atoms with Crippen molar-refractivity contribution in [2.45, 2.75) is 31.6 Å². The van der Waals surface area contributed by atoms with Gasteiger partial charge in [-0.15, -0.1) is 11.6 Å². The Balaban J connectivity index is 2.12. The van der Waals surface area contributed by atoms with Gasteiger partial charge in [0.15, 0.2) is 0 Å². The molecular weight excluding hydrogens is 263 g/mol. The summed E-state index contributed by atoms with van der Waals surface area (Å²) in [5.41, 5.74) is 1.15. The first kappa shape index (κ1) is 12.5. The molecule has 0 bridgehead atoms. The molecule has 1 aliphatic carbocycles. The van der Waals surface area contributed by atoms with Crippen LogP contribution in [0.2, 0.25) is 10.0 Å². The van der Waals surface area contributed by atoms with Crippen LogP contribution in [-0.4, -0.2) is 5.38 Å². The lowest BCUT2D eigenvalue weighted by Crippen LogP contribution is -2.13. The van der Waals surface area contributed by atoms with Gasteiger partial charge in [-0.3, -0.25) is 0 Å². The zero-order valence-electron chi connectivity index (χ0n) is 9.22. The van der Waals surface area contributed by atoms with Gasteiger partial charge in [-0.2, -0.15) is 0 Å². The minimum absolute atomic E-state index is 0.322. The number of halogens is 3. The molecule has 1 aromatic carbocycles. The average Bonchev–Trinajstić information content (AvgIpc) is 2.55. The van der Waals surface area contributed by atoms with E-state index in [9.17, 15) is 0 Å². The normalized spacial score (nSPS) is 29.6. The van der Waals surface area contributed by atoms with Gasteiger partial charge < -0.3 is 0 Å². The molecular formula is C13H15Cl3. The molecule has 0 amide bonds. The predicted octanol–water partition coefficient (Wildman–Crippen LogP) is 5.19. The maximum absolute atomic E-state index is 6.24. The van der Waals surface area contributed by atoms with Crippen LogP contribution in [0.1, 0.15) is 25.3 Å².